The molecule has 20 heavy (non-hydrogen) atoms. The van der Waals surface area contributed by atoms with Crippen LogP contribution >= 0.6 is 0 Å². The Hall–Kier alpha value is -2.04. The van der Waals surface area contributed by atoms with Crippen LogP contribution in [0, 0.1) is 13.8 Å². The molecule has 110 valence electrons. The van der Waals surface area contributed by atoms with Gasteiger partial charge >= 0.3 is 5.97 Å². The molecular weight excluding hydrogens is 258 g/mol. The molecule has 5 heteroatoms. The number of carbonyl (C=O) groups is 2. The average molecular weight is 279 g/mol. The van der Waals surface area contributed by atoms with E-state index >= 15 is 0 Å². The molecule has 0 aliphatic rings. The molecule has 0 aliphatic heterocycles. The zero-order valence-electron chi connectivity index (χ0n) is 12.2. The smallest absolute Gasteiger partial charge is 0.307 e. The van der Waals surface area contributed by atoms with E-state index in [-0.39, 0.29) is 31.3 Å². The molecule has 1 amide bonds. The van der Waals surface area contributed by atoms with Crippen molar-refractivity contribution in [3.8, 4) is 5.75 Å². The fraction of sp³-hybridized carbons (Fsp3) is 0.467. The first-order valence-corrected chi connectivity index (χ1v) is 6.57. The zero-order valence-corrected chi connectivity index (χ0v) is 12.2. The second-order valence-corrected chi connectivity index (χ2v) is 4.47. The standard InChI is InChI=1S/C15H21NO4/c1-11-5-4-6-13(12(11)2)20-10-8-14(17)16-9-7-15(18)19-3/h4-6H,7-10H2,1-3H3,(H,16,17). The van der Waals surface area contributed by atoms with Crippen molar-refractivity contribution < 1.29 is 19.1 Å². The summed E-state index contributed by atoms with van der Waals surface area (Å²) in [4.78, 5) is 22.4. The summed E-state index contributed by atoms with van der Waals surface area (Å²) in [6, 6.07) is 5.83. The van der Waals surface area contributed by atoms with Gasteiger partial charge in [-0.25, -0.2) is 0 Å². The number of hydrogen-bond donors (Lipinski definition) is 1. The monoisotopic (exact) mass is 279 g/mol. The van der Waals surface area contributed by atoms with Gasteiger partial charge in [-0.1, -0.05) is 12.1 Å². The molecule has 5 nitrogen and oxygen atoms in total. The van der Waals surface area contributed by atoms with Crippen molar-refractivity contribution in [3.63, 3.8) is 0 Å². The molecule has 1 N–H and O–H groups in total. The van der Waals surface area contributed by atoms with Crippen LogP contribution < -0.4 is 10.1 Å². The van der Waals surface area contributed by atoms with E-state index in [1.165, 1.54) is 7.11 Å². The molecule has 1 aromatic carbocycles. The summed E-state index contributed by atoms with van der Waals surface area (Å²) in [5.74, 6) is 0.323. The number of esters is 1. The van der Waals surface area contributed by atoms with Crippen molar-refractivity contribution >= 4 is 11.9 Å². The van der Waals surface area contributed by atoms with Crippen LogP contribution in [0.5, 0.6) is 5.75 Å². The predicted molar refractivity (Wildman–Crippen MR) is 75.7 cm³/mol. The number of benzene rings is 1. The Kier molecular flexibility index (Phi) is 6.56. The van der Waals surface area contributed by atoms with Crippen molar-refractivity contribution in [2.45, 2.75) is 26.7 Å². The second-order valence-electron chi connectivity index (χ2n) is 4.47. The van der Waals surface area contributed by atoms with E-state index in [0.29, 0.717) is 6.61 Å². The fourth-order valence-electron chi connectivity index (χ4n) is 1.63. The van der Waals surface area contributed by atoms with E-state index in [0.717, 1.165) is 16.9 Å². The maximum absolute atomic E-state index is 11.5. The van der Waals surface area contributed by atoms with Gasteiger partial charge in [-0.2, -0.15) is 0 Å². The Labute approximate surface area is 119 Å². The highest BCUT2D eigenvalue weighted by molar-refractivity contribution is 5.77. The third-order valence-electron chi connectivity index (χ3n) is 3.02. The Bertz CT molecular complexity index is 471. The van der Waals surface area contributed by atoms with Gasteiger partial charge in [-0.15, -0.1) is 0 Å². The van der Waals surface area contributed by atoms with Gasteiger partial charge in [0.1, 0.15) is 5.75 Å². The molecule has 0 aliphatic carbocycles. The zero-order chi connectivity index (χ0) is 15.0. The first-order chi connectivity index (χ1) is 9.54. The molecule has 0 bridgehead atoms. The Morgan fingerprint density at radius 3 is 2.65 bits per heavy atom. The van der Waals surface area contributed by atoms with Gasteiger partial charge in [0.15, 0.2) is 0 Å². The summed E-state index contributed by atoms with van der Waals surface area (Å²) in [5.41, 5.74) is 2.24. The SMILES string of the molecule is COC(=O)CCNC(=O)CCOc1cccc(C)c1C. The highest BCUT2D eigenvalue weighted by Gasteiger charge is 2.06. The van der Waals surface area contributed by atoms with Gasteiger partial charge in [0, 0.05) is 6.54 Å². The summed E-state index contributed by atoms with van der Waals surface area (Å²) in [7, 11) is 1.32. The molecule has 1 aromatic rings. The number of carbonyl (C=O) groups excluding carboxylic acids is 2. The number of methoxy groups -OCH3 is 1. The average Bonchev–Trinajstić information content (AvgIpc) is 2.43. The van der Waals surface area contributed by atoms with Crippen LogP contribution in [0.15, 0.2) is 18.2 Å². The topological polar surface area (TPSA) is 64.6 Å². The minimum Gasteiger partial charge on any atom is -0.493 e. The lowest BCUT2D eigenvalue weighted by Crippen LogP contribution is -2.27. The molecule has 0 fully saturated rings. The van der Waals surface area contributed by atoms with Gasteiger partial charge in [0.2, 0.25) is 5.91 Å². The van der Waals surface area contributed by atoms with E-state index in [1.807, 2.05) is 32.0 Å². The Balaban J connectivity index is 2.25. The van der Waals surface area contributed by atoms with E-state index in [9.17, 15) is 9.59 Å². The molecule has 0 aromatic heterocycles. The quantitative estimate of drug-likeness (QED) is 0.772. The molecule has 0 spiro atoms. The Morgan fingerprint density at radius 1 is 1.20 bits per heavy atom. The van der Waals surface area contributed by atoms with Crippen LogP contribution in [0.25, 0.3) is 0 Å². The molecule has 0 saturated carbocycles. The summed E-state index contributed by atoms with van der Waals surface area (Å²) in [5, 5.41) is 2.64. The second kappa shape index (κ2) is 8.19. The Morgan fingerprint density at radius 2 is 1.95 bits per heavy atom. The van der Waals surface area contributed by atoms with Gasteiger partial charge in [0.05, 0.1) is 26.6 Å². The minimum atomic E-state index is -0.336. The van der Waals surface area contributed by atoms with Crippen LogP contribution in [0.4, 0.5) is 0 Å². The van der Waals surface area contributed by atoms with Crippen LogP contribution in [-0.4, -0.2) is 32.1 Å². The van der Waals surface area contributed by atoms with Crippen LogP contribution in [0.1, 0.15) is 24.0 Å². The number of amides is 1. The number of aryl methyl sites for hydroxylation is 1. The lowest BCUT2D eigenvalue weighted by molar-refractivity contribution is -0.140. The predicted octanol–water partition coefficient (Wildman–Crippen LogP) is 1.75. The van der Waals surface area contributed by atoms with Crippen LogP contribution in [0.2, 0.25) is 0 Å². The van der Waals surface area contributed by atoms with Gasteiger partial charge < -0.3 is 14.8 Å². The molecule has 0 heterocycles. The lowest BCUT2D eigenvalue weighted by Gasteiger charge is -2.10. The minimum absolute atomic E-state index is 0.140. The molecule has 0 saturated heterocycles. The summed E-state index contributed by atoms with van der Waals surface area (Å²) in [6.07, 6.45) is 0.439. The number of ether oxygens (including phenoxy) is 2. The van der Waals surface area contributed by atoms with Crippen LogP contribution in [-0.2, 0) is 14.3 Å². The summed E-state index contributed by atoms with van der Waals surface area (Å²) in [6.45, 7) is 4.60. The normalized spacial score (nSPS) is 9.95. The van der Waals surface area contributed by atoms with Crippen molar-refractivity contribution in [2.24, 2.45) is 0 Å². The third-order valence-corrected chi connectivity index (χ3v) is 3.02. The van der Waals surface area contributed by atoms with Crippen molar-refractivity contribution in [2.75, 3.05) is 20.3 Å². The fourth-order valence-corrected chi connectivity index (χ4v) is 1.63. The molecule has 0 radical (unpaired) electrons. The maximum Gasteiger partial charge on any atom is 0.307 e. The molecule has 1 rings (SSSR count). The van der Waals surface area contributed by atoms with E-state index in [4.69, 9.17) is 4.74 Å². The van der Waals surface area contributed by atoms with Gasteiger partial charge in [0.25, 0.3) is 0 Å². The van der Waals surface area contributed by atoms with E-state index in [1.54, 1.807) is 0 Å². The first-order valence-electron chi connectivity index (χ1n) is 6.57. The van der Waals surface area contributed by atoms with Crippen LogP contribution in [0.3, 0.4) is 0 Å². The third kappa shape index (κ3) is 5.30. The van der Waals surface area contributed by atoms with Crippen molar-refractivity contribution in [1.29, 1.82) is 0 Å². The van der Waals surface area contributed by atoms with E-state index < -0.39 is 0 Å². The number of nitrogens with one attached hydrogen (secondary N) is 1. The highest BCUT2D eigenvalue weighted by Crippen LogP contribution is 2.20. The van der Waals surface area contributed by atoms with Gasteiger partial charge in [-0.3, -0.25) is 9.59 Å². The van der Waals surface area contributed by atoms with Crippen molar-refractivity contribution in [3.05, 3.63) is 29.3 Å². The van der Waals surface area contributed by atoms with Gasteiger partial charge in [-0.05, 0) is 31.0 Å². The molecular formula is C15H21NO4. The lowest BCUT2D eigenvalue weighted by atomic mass is 10.1. The largest absolute Gasteiger partial charge is 0.493 e. The van der Waals surface area contributed by atoms with Crippen molar-refractivity contribution in [1.82, 2.24) is 5.32 Å². The molecule has 0 unspecified atom stereocenters. The maximum atomic E-state index is 11.5. The first kappa shape index (κ1) is 16.0. The summed E-state index contributed by atoms with van der Waals surface area (Å²) >= 11 is 0. The number of rotatable bonds is 7. The number of hydrogen-bond acceptors (Lipinski definition) is 4. The van der Waals surface area contributed by atoms with E-state index in [2.05, 4.69) is 10.1 Å². The highest BCUT2D eigenvalue weighted by atomic mass is 16.5. The summed E-state index contributed by atoms with van der Waals surface area (Å²) < 4.78 is 10.1. The molecule has 0 atom stereocenters.